The van der Waals surface area contributed by atoms with Gasteiger partial charge in [0.05, 0.1) is 26.7 Å². The van der Waals surface area contributed by atoms with E-state index >= 15 is 0 Å². The number of H-pyrrole nitrogens is 2. The number of benzene rings is 2. The molecule has 1 aliphatic rings. The van der Waals surface area contributed by atoms with Gasteiger partial charge in [-0.15, -0.1) is 10.2 Å². The van der Waals surface area contributed by atoms with E-state index in [-0.39, 0.29) is 30.4 Å². The second kappa shape index (κ2) is 7.06. The van der Waals surface area contributed by atoms with Gasteiger partial charge in [0.15, 0.2) is 15.8 Å². The smallest absolute Gasteiger partial charge is 0.240 e. The topological polar surface area (TPSA) is 215 Å². The molecule has 0 bridgehead atoms. The molecule has 1 aliphatic heterocycles. The number of tetrazole rings is 1. The van der Waals surface area contributed by atoms with Gasteiger partial charge in [0, 0.05) is 18.7 Å². The molecule has 3 heterocycles. The molecule has 166 valence electrons. The zero-order chi connectivity index (χ0) is 22.7. The van der Waals surface area contributed by atoms with Crippen LogP contribution in [-0.4, -0.2) is 65.8 Å². The molecule has 7 N–H and O–H groups in total. The highest BCUT2D eigenvalue weighted by atomic mass is 32.2. The van der Waals surface area contributed by atoms with Crippen LogP contribution in [0.5, 0.6) is 0 Å². The molecular weight excluding hydrogens is 458 g/mol. The Labute approximate surface area is 181 Å². The Bertz CT molecular complexity index is 1560. The van der Waals surface area contributed by atoms with Crippen molar-refractivity contribution < 1.29 is 16.8 Å². The van der Waals surface area contributed by atoms with Crippen molar-refractivity contribution in [3.8, 4) is 22.5 Å². The van der Waals surface area contributed by atoms with Crippen LogP contribution in [0.4, 0.5) is 5.95 Å². The van der Waals surface area contributed by atoms with Crippen molar-refractivity contribution in [2.45, 2.75) is 15.0 Å². The highest BCUT2D eigenvalue weighted by Gasteiger charge is 2.38. The molecule has 0 aliphatic carbocycles. The number of fused-ring (bicyclic) bond motifs is 1. The van der Waals surface area contributed by atoms with Crippen molar-refractivity contribution in [2.24, 2.45) is 5.14 Å². The minimum absolute atomic E-state index is 0.0938. The van der Waals surface area contributed by atoms with E-state index in [0.717, 1.165) is 0 Å². The molecule has 1 fully saturated rings. The Balaban J connectivity index is 1.91. The molecule has 0 radical (unpaired) electrons. The van der Waals surface area contributed by atoms with Gasteiger partial charge in [0.1, 0.15) is 4.90 Å². The molecule has 0 amide bonds. The normalized spacial score (nSPS) is 15.2. The summed E-state index contributed by atoms with van der Waals surface area (Å²) in [4.78, 5) is 6.17. The molecule has 1 saturated heterocycles. The molecule has 32 heavy (non-hydrogen) atoms. The van der Waals surface area contributed by atoms with E-state index in [1.165, 1.54) is 12.1 Å². The van der Waals surface area contributed by atoms with Gasteiger partial charge in [-0.3, -0.25) is 0 Å². The number of primary sulfonamides is 1. The van der Waals surface area contributed by atoms with E-state index in [4.69, 9.17) is 10.9 Å². The summed E-state index contributed by atoms with van der Waals surface area (Å²) < 4.78 is 52.0. The third-order valence-corrected chi connectivity index (χ3v) is 8.57. The summed E-state index contributed by atoms with van der Waals surface area (Å²) in [5.74, 6) is 0.0326. The Morgan fingerprint density at radius 3 is 2.44 bits per heavy atom. The van der Waals surface area contributed by atoms with Crippen LogP contribution in [0.3, 0.4) is 0 Å². The number of sulfonamides is 1. The molecule has 5 rings (SSSR count). The van der Waals surface area contributed by atoms with Crippen molar-refractivity contribution >= 4 is 36.8 Å². The number of nitrogens with one attached hydrogen (secondary N) is 3. The molecule has 15 heteroatoms. The Hall–Kier alpha value is -3.40. The lowest BCUT2D eigenvalue weighted by molar-refractivity contribution is 0.493. The standard InChI is InChI=1S/C17H17N9O4S2/c18-17-21-11-3-1-2-10(14(11)22-17)9-4-5-12(31(27,28)8-6-20-7-8)15(32(19,29)30)13(9)16-23-25-26-24-16/h1-5,8,20H,6-7H2,(H3,18,21,22)(H2,19,29,30)(H,23,24,25,26). The van der Waals surface area contributed by atoms with Crippen LogP contribution in [0, 0.1) is 0 Å². The highest BCUT2D eigenvalue weighted by Crippen LogP contribution is 2.41. The number of aromatic amines is 2. The number of aromatic nitrogens is 6. The molecule has 0 atom stereocenters. The first-order valence-corrected chi connectivity index (χ1v) is 12.4. The summed E-state index contributed by atoms with van der Waals surface area (Å²) in [6.07, 6.45) is 0. The molecule has 2 aromatic carbocycles. The van der Waals surface area contributed by atoms with E-state index in [2.05, 4.69) is 35.9 Å². The number of hydrogen-bond acceptors (Lipinski definition) is 10. The second-order valence-electron chi connectivity index (χ2n) is 7.24. The zero-order valence-corrected chi connectivity index (χ0v) is 17.9. The maximum absolute atomic E-state index is 13.2. The first-order chi connectivity index (χ1) is 15.2. The molecule has 0 spiro atoms. The highest BCUT2D eigenvalue weighted by molar-refractivity contribution is 7.94. The number of para-hydroxylation sites is 1. The minimum atomic E-state index is -4.54. The van der Waals surface area contributed by atoms with Crippen LogP contribution in [-0.2, 0) is 19.9 Å². The van der Waals surface area contributed by atoms with Crippen molar-refractivity contribution in [3.63, 3.8) is 0 Å². The molecular formula is C17H17N9O4S2. The Morgan fingerprint density at radius 1 is 1.03 bits per heavy atom. The van der Waals surface area contributed by atoms with Gasteiger partial charge in [0.25, 0.3) is 0 Å². The van der Waals surface area contributed by atoms with Gasteiger partial charge < -0.3 is 16.0 Å². The van der Waals surface area contributed by atoms with Crippen molar-refractivity contribution in [1.82, 2.24) is 35.9 Å². The number of nitrogens with zero attached hydrogens (tertiary/aromatic N) is 4. The fourth-order valence-electron chi connectivity index (χ4n) is 3.71. The summed E-state index contributed by atoms with van der Waals surface area (Å²) in [7, 11) is -8.56. The van der Waals surface area contributed by atoms with E-state index in [1.54, 1.807) is 18.2 Å². The van der Waals surface area contributed by atoms with Crippen LogP contribution in [0.2, 0.25) is 0 Å². The number of nitrogen functional groups attached to an aromatic ring is 1. The lowest BCUT2D eigenvalue weighted by Crippen LogP contribution is -2.51. The van der Waals surface area contributed by atoms with Crippen molar-refractivity contribution in [1.29, 1.82) is 0 Å². The van der Waals surface area contributed by atoms with Crippen LogP contribution < -0.4 is 16.2 Å². The largest absolute Gasteiger partial charge is 0.369 e. The first kappa shape index (κ1) is 20.5. The Kier molecular flexibility index (Phi) is 4.52. The summed E-state index contributed by atoms with van der Waals surface area (Å²) in [5, 5.41) is 21.2. The van der Waals surface area contributed by atoms with Gasteiger partial charge in [-0.1, -0.05) is 18.2 Å². The first-order valence-electron chi connectivity index (χ1n) is 9.30. The van der Waals surface area contributed by atoms with Gasteiger partial charge in [-0.05, 0) is 22.9 Å². The summed E-state index contributed by atoms with van der Waals surface area (Å²) >= 11 is 0. The molecule has 2 aromatic heterocycles. The number of imidazole rings is 1. The van der Waals surface area contributed by atoms with Gasteiger partial charge >= 0.3 is 0 Å². The van der Waals surface area contributed by atoms with Crippen molar-refractivity contribution in [2.75, 3.05) is 18.8 Å². The van der Waals surface area contributed by atoms with E-state index < -0.39 is 34.9 Å². The summed E-state index contributed by atoms with van der Waals surface area (Å²) in [6, 6.07) is 7.88. The van der Waals surface area contributed by atoms with Crippen molar-refractivity contribution in [3.05, 3.63) is 30.3 Å². The molecule has 4 aromatic rings. The van der Waals surface area contributed by atoms with Gasteiger partial charge in [-0.2, -0.15) is 5.21 Å². The molecule has 0 saturated carbocycles. The Morgan fingerprint density at radius 2 is 1.81 bits per heavy atom. The van der Waals surface area contributed by atoms with Crippen LogP contribution in [0.15, 0.2) is 40.1 Å². The third kappa shape index (κ3) is 3.13. The van der Waals surface area contributed by atoms with E-state index in [0.29, 0.717) is 22.2 Å². The monoisotopic (exact) mass is 475 g/mol. The maximum Gasteiger partial charge on any atom is 0.240 e. The van der Waals surface area contributed by atoms with E-state index in [1.807, 2.05) is 0 Å². The van der Waals surface area contributed by atoms with E-state index in [9.17, 15) is 16.8 Å². The zero-order valence-electron chi connectivity index (χ0n) is 16.3. The minimum Gasteiger partial charge on any atom is -0.369 e. The lowest BCUT2D eigenvalue weighted by atomic mass is 9.98. The predicted molar refractivity (Wildman–Crippen MR) is 114 cm³/mol. The summed E-state index contributed by atoms with van der Waals surface area (Å²) in [5.41, 5.74) is 7.55. The van der Waals surface area contributed by atoms with Gasteiger partial charge in [0.2, 0.25) is 15.8 Å². The SMILES string of the molecule is Nc1nc2c(-c3ccc(S(=O)(=O)C4CNC4)c(S(N)(=O)=O)c3-c3nn[nH]n3)cccc2[nH]1. The number of rotatable bonds is 5. The molecule has 13 nitrogen and oxygen atoms in total. The summed E-state index contributed by atoms with van der Waals surface area (Å²) in [6.45, 7) is 0.412. The maximum atomic E-state index is 13.2. The third-order valence-electron chi connectivity index (χ3n) is 5.29. The number of nitrogens with two attached hydrogens (primary N) is 2. The number of anilines is 1. The predicted octanol–water partition coefficient (Wildman–Crippen LogP) is -0.615. The average molecular weight is 476 g/mol. The lowest BCUT2D eigenvalue weighted by Gasteiger charge is -2.28. The van der Waals surface area contributed by atoms with Crippen LogP contribution in [0.1, 0.15) is 0 Å². The fraction of sp³-hybridized carbons (Fsp3) is 0.176. The second-order valence-corrected chi connectivity index (χ2v) is 10.9. The van der Waals surface area contributed by atoms with Gasteiger partial charge in [-0.25, -0.2) is 27.0 Å². The van der Waals surface area contributed by atoms with Crippen LogP contribution >= 0.6 is 0 Å². The molecule has 0 unspecified atom stereocenters. The number of hydrogen-bond donors (Lipinski definition) is 5. The average Bonchev–Trinajstić information content (AvgIpc) is 3.32. The fourth-order valence-corrected chi connectivity index (χ4v) is 6.90. The quantitative estimate of drug-likeness (QED) is 0.246. The van der Waals surface area contributed by atoms with Crippen LogP contribution in [0.25, 0.3) is 33.5 Å². The number of sulfone groups is 1.